The van der Waals surface area contributed by atoms with Crippen molar-refractivity contribution in [2.45, 2.75) is 37.8 Å². The Balaban J connectivity index is 1.54. The van der Waals surface area contributed by atoms with E-state index in [2.05, 4.69) is 15.4 Å². The Labute approximate surface area is 224 Å². The maximum atomic E-state index is 14.9. The molecule has 2 N–H and O–H groups in total. The number of hydrogen-bond acceptors (Lipinski definition) is 5. The summed E-state index contributed by atoms with van der Waals surface area (Å²) >= 11 is 6.19. The van der Waals surface area contributed by atoms with Crippen molar-refractivity contribution in [3.8, 4) is 5.75 Å². The number of anilines is 2. The number of halogens is 4. The molecule has 0 bridgehead atoms. The number of esters is 1. The number of carbonyl (C=O) groups excluding carboxylic acids is 1. The molecule has 0 aromatic heterocycles. The van der Waals surface area contributed by atoms with E-state index in [1.807, 2.05) is 12.1 Å². The Morgan fingerprint density at radius 1 is 0.947 bits per heavy atom. The summed E-state index contributed by atoms with van der Waals surface area (Å²) in [5.74, 6) is -3.35. The highest BCUT2D eigenvalue weighted by Crippen LogP contribution is 2.49. The molecule has 3 aromatic carbocycles. The van der Waals surface area contributed by atoms with E-state index in [-0.39, 0.29) is 29.8 Å². The minimum absolute atomic E-state index is 0.00248. The molecule has 9 heteroatoms. The van der Waals surface area contributed by atoms with Crippen LogP contribution in [0.2, 0.25) is 5.02 Å². The van der Waals surface area contributed by atoms with Gasteiger partial charge in [-0.3, -0.25) is 0 Å². The molecule has 3 aromatic rings. The molecule has 0 saturated heterocycles. The number of methoxy groups -OCH3 is 1. The molecule has 200 valence electrons. The number of benzene rings is 3. The monoisotopic (exact) mass is 544 g/mol. The van der Waals surface area contributed by atoms with E-state index in [0.717, 1.165) is 55.9 Å². The van der Waals surface area contributed by atoms with Crippen LogP contribution in [0.5, 0.6) is 5.75 Å². The first-order chi connectivity index (χ1) is 18.3. The zero-order valence-corrected chi connectivity index (χ0v) is 21.6. The Morgan fingerprint density at radius 3 is 2.16 bits per heavy atom. The van der Waals surface area contributed by atoms with Crippen molar-refractivity contribution in [1.82, 2.24) is 0 Å². The average molecular weight is 545 g/mol. The van der Waals surface area contributed by atoms with E-state index in [9.17, 15) is 18.0 Å². The first-order valence-corrected chi connectivity index (χ1v) is 13.0. The molecule has 1 aliphatic carbocycles. The van der Waals surface area contributed by atoms with Gasteiger partial charge in [-0.15, -0.1) is 0 Å². The largest absolute Gasteiger partial charge is 0.490 e. The van der Waals surface area contributed by atoms with Crippen LogP contribution in [0.4, 0.5) is 24.5 Å². The van der Waals surface area contributed by atoms with Crippen LogP contribution in [0.25, 0.3) is 0 Å². The smallest absolute Gasteiger partial charge is 0.337 e. The predicted molar refractivity (Wildman–Crippen MR) is 140 cm³/mol. The van der Waals surface area contributed by atoms with Gasteiger partial charge >= 0.3 is 5.97 Å². The number of rotatable bonds is 7. The summed E-state index contributed by atoms with van der Waals surface area (Å²) in [6.07, 6.45) is 5.05. The van der Waals surface area contributed by atoms with Crippen LogP contribution in [0.1, 0.15) is 48.0 Å². The van der Waals surface area contributed by atoms with Gasteiger partial charge in [0.2, 0.25) is 0 Å². The lowest BCUT2D eigenvalue weighted by Gasteiger charge is -2.44. The molecule has 0 amide bonds. The fourth-order valence-corrected chi connectivity index (χ4v) is 5.79. The van der Waals surface area contributed by atoms with Crippen molar-refractivity contribution in [3.05, 3.63) is 88.2 Å². The topological polar surface area (TPSA) is 59.6 Å². The highest BCUT2D eigenvalue weighted by atomic mass is 35.5. The summed E-state index contributed by atoms with van der Waals surface area (Å²) in [5, 5.41) is 7.42. The van der Waals surface area contributed by atoms with Gasteiger partial charge in [0, 0.05) is 23.1 Å². The fourth-order valence-electron chi connectivity index (χ4n) is 5.66. The van der Waals surface area contributed by atoms with Crippen LogP contribution in [0.15, 0.2) is 54.6 Å². The Hall–Kier alpha value is -3.39. The molecule has 2 aliphatic rings. The van der Waals surface area contributed by atoms with E-state index < -0.39 is 29.1 Å². The fraction of sp³-hybridized carbons (Fsp3) is 0.345. The van der Waals surface area contributed by atoms with Crippen LogP contribution in [-0.4, -0.2) is 19.7 Å². The first-order valence-electron chi connectivity index (χ1n) is 12.6. The third-order valence-corrected chi connectivity index (χ3v) is 7.82. The average Bonchev–Trinajstić information content (AvgIpc) is 3.29. The molecule has 1 saturated carbocycles. The van der Waals surface area contributed by atoms with E-state index >= 15 is 0 Å². The zero-order chi connectivity index (χ0) is 26.9. The lowest BCUT2D eigenvalue weighted by molar-refractivity contribution is 0.0600. The third kappa shape index (κ3) is 5.01. The molecule has 38 heavy (non-hydrogen) atoms. The van der Waals surface area contributed by atoms with Gasteiger partial charge in [0.1, 0.15) is 5.66 Å². The second-order valence-corrected chi connectivity index (χ2v) is 10.3. The third-order valence-electron chi connectivity index (χ3n) is 7.57. The summed E-state index contributed by atoms with van der Waals surface area (Å²) < 4.78 is 54.1. The van der Waals surface area contributed by atoms with Crippen LogP contribution in [-0.2, 0) is 10.4 Å². The first kappa shape index (κ1) is 26.2. The van der Waals surface area contributed by atoms with Gasteiger partial charge in [-0.05, 0) is 54.7 Å². The minimum atomic E-state index is -1.00. The van der Waals surface area contributed by atoms with E-state index in [1.165, 1.54) is 19.2 Å². The highest BCUT2D eigenvalue weighted by molar-refractivity contribution is 6.30. The van der Waals surface area contributed by atoms with Crippen LogP contribution < -0.4 is 15.4 Å². The van der Waals surface area contributed by atoms with Crippen molar-refractivity contribution < 1.29 is 27.4 Å². The summed E-state index contributed by atoms with van der Waals surface area (Å²) in [7, 11) is 1.23. The van der Waals surface area contributed by atoms with Crippen LogP contribution >= 0.6 is 11.6 Å². The summed E-state index contributed by atoms with van der Waals surface area (Å²) in [4.78, 5) is 11.8. The van der Waals surface area contributed by atoms with Crippen LogP contribution in [0.3, 0.4) is 0 Å². The molecule has 1 aliphatic heterocycles. The number of carbonyl (C=O) groups is 1. The Morgan fingerprint density at radius 2 is 1.58 bits per heavy atom. The van der Waals surface area contributed by atoms with Crippen molar-refractivity contribution in [3.63, 3.8) is 0 Å². The van der Waals surface area contributed by atoms with Gasteiger partial charge in [0.15, 0.2) is 23.2 Å². The number of nitrogens with one attached hydrogen (secondary N) is 2. The molecule has 1 fully saturated rings. The molecule has 5 nitrogen and oxygen atoms in total. The molecule has 0 radical (unpaired) electrons. The summed E-state index contributed by atoms with van der Waals surface area (Å²) in [6.45, 7) is 0.0980. The molecule has 1 heterocycles. The van der Waals surface area contributed by atoms with Gasteiger partial charge in [-0.1, -0.05) is 43.0 Å². The molecule has 1 unspecified atom stereocenters. The van der Waals surface area contributed by atoms with Crippen molar-refractivity contribution in [1.29, 1.82) is 0 Å². The lowest BCUT2D eigenvalue weighted by Crippen LogP contribution is -2.51. The number of hydrogen-bond donors (Lipinski definition) is 2. The zero-order valence-electron chi connectivity index (χ0n) is 20.8. The van der Waals surface area contributed by atoms with Crippen molar-refractivity contribution in [2.75, 3.05) is 24.4 Å². The predicted octanol–water partition coefficient (Wildman–Crippen LogP) is 7.51. The summed E-state index contributed by atoms with van der Waals surface area (Å²) in [6, 6.07) is 13.5. The lowest BCUT2D eigenvalue weighted by atomic mass is 9.72. The Bertz CT molecular complexity index is 1300. The molecule has 5 rings (SSSR count). The van der Waals surface area contributed by atoms with Crippen LogP contribution in [0, 0.1) is 29.3 Å². The molecule has 1 atom stereocenters. The number of fused-ring (bicyclic) bond motifs is 1. The van der Waals surface area contributed by atoms with Gasteiger partial charge in [-0.2, -0.15) is 0 Å². The van der Waals surface area contributed by atoms with Gasteiger partial charge < -0.3 is 20.1 Å². The summed E-state index contributed by atoms with van der Waals surface area (Å²) in [5.41, 5.74) is 0.732. The van der Waals surface area contributed by atoms with Gasteiger partial charge in [-0.25, -0.2) is 18.0 Å². The minimum Gasteiger partial charge on any atom is -0.490 e. The highest BCUT2D eigenvalue weighted by Gasteiger charge is 2.49. The van der Waals surface area contributed by atoms with Gasteiger partial charge in [0.25, 0.3) is 0 Å². The normalized spacial score (nSPS) is 17.2. The quantitative estimate of drug-likeness (QED) is 0.301. The van der Waals surface area contributed by atoms with Crippen molar-refractivity contribution >= 4 is 28.9 Å². The molecular formula is C29H28ClF3N2O3. The van der Waals surface area contributed by atoms with Crippen molar-refractivity contribution in [2.24, 2.45) is 11.8 Å². The maximum absolute atomic E-state index is 14.9. The standard InChI is InChI=1S/C29H28ClF3N2O3/c1-37-28(36)18-7-12-27(24(33)13-18)38-16-21(17-5-3-2-4-6-17)29(19-8-10-20(30)11-9-19)34-25-14-22(31)23(32)15-26(25)35-29/h7-15,17,21,34-35H,2-6,16H2,1H3. The van der Waals surface area contributed by atoms with E-state index in [4.69, 9.17) is 16.3 Å². The van der Waals surface area contributed by atoms with E-state index in [0.29, 0.717) is 16.4 Å². The Kier molecular flexibility index (Phi) is 7.43. The maximum Gasteiger partial charge on any atom is 0.337 e. The van der Waals surface area contributed by atoms with E-state index in [1.54, 1.807) is 12.1 Å². The number of ether oxygens (including phenoxy) is 2. The second kappa shape index (κ2) is 10.8. The SMILES string of the molecule is COC(=O)c1ccc(OCC(C2CCCCC2)C2(c3ccc(Cl)cc3)Nc3cc(F)c(F)cc3N2)c(F)c1. The molecule has 0 spiro atoms. The second-order valence-electron chi connectivity index (χ2n) is 9.83. The van der Waals surface area contributed by atoms with Gasteiger partial charge in [0.05, 0.1) is 30.7 Å². The molecular weight excluding hydrogens is 517 g/mol.